The van der Waals surface area contributed by atoms with Crippen LogP contribution >= 0.6 is 0 Å². The zero-order chi connectivity index (χ0) is 54.7. The molecular weight excluding hydrogens is 941 g/mol. The molecule has 2 aliphatic rings. The second kappa shape index (κ2) is 25.5. The first kappa shape index (κ1) is 58.2. The van der Waals surface area contributed by atoms with E-state index in [0.29, 0.717) is 12.8 Å². The minimum atomic E-state index is -1.00. The third-order valence-electron chi connectivity index (χ3n) is 13.8. The third-order valence-corrected chi connectivity index (χ3v) is 13.8. The average molecular weight is 1020 g/mol. The number of rotatable bonds is 20. The Morgan fingerprint density at radius 1 is 0.514 bits per heavy atom. The lowest BCUT2D eigenvalue weighted by Gasteiger charge is -2.36. The van der Waals surface area contributed by atoms with Gasteiger partial charge in [0.05, 0.1) is 12.1 Å². The fourth-order valence-corrected chi connectivity index (χ4v) is 9.35. The molecule has 3 aromatic rings. The monoisotopic (exact) mass is 1020 g/mol. The van der Waals surface area contributed by atoms with E-state index in [-0.39, 0.29) is 61.0 Å². The molecule has 402 valence electrons. The molecule has 0 radical (unpaired) electrons. The van der Waals surface area contributed by atoms with E-state index < -0.39 is 94.6 Å². The van der Waals surface area contributed by atoms with Gasteiger partial charge in [-0.15, -0.1) is 0 Å². The van der Waals surface area contributed by atoms with E-state index in [1.807, 2.05) is 116 Å². The highest BCUT2D eigenvalue weighted by Crippen LogP contribution is 2.29. The second-order valence-electron chi connectivity index (χ2n) is 22.2. The van der Waals surface area contributed by atoms with Crippen LogP contribution in [0.25, 0.3) is 0 Å². The number of carbonyl (C=O) groups is 8. The van der Waals surface area contributed by atoms with Gasteiger partial charge in [-0.25, -0.2) is 0 Å². The van der Waals surface area contributed by atoms with Crippen molar-refractivity contribution in [3.8, 4) is 0 Å². The van der Waals surface area contributed by atoms with Crippen LogP contribution in [0.1, 0.15) is 114 Å². The molecule has 18 nitrogen and oxygen atoms in total. The van der Waals surface area contributed by atoms with Gasteiger partial charge in [-0.3, -0.25) is 38.4 Å². The zero-order valence-electron chi connectivity index (χ0n) is 45.3. The molecule has 2 saturated heterocycles. The van der Waals surface area contributed by atoms with Crippen LogP contribution in [0.5, 0.6) is 0 Å². The topological polar surface area (TPSA) is 239 Å². The van der Waals surface area contributed by atoms with Gasteiger partial charge in [-0.05, 0) is 108 Å². The van der Waals surface area contributed by atoms with Crippen molar-refractivity contribution in [3.05, 3.63) is 107 Å². The lowest BCUT2D eigenvalue weighted by molar-refractivity contribution is -0.144. The van der Waals surface area contributed by atoms with Crippen LogP contribution in [0.3, 0.4) is 0 Å². The lowest BCUT2D eigenvalue weighted by Crippen LogP contribution is -2.60. The van der Waals surface area contributed by atoms with Crippen molar-refractivity contribution in [3.63, 3.8) is 0 Å². The summed E-state index contributed by atoms with van der Waals surface area (Å²) < 4.78 is 0. The number of benzene rings is 3. The quantitative estimate of drug-likeness (QED) is 0.0824. The van der Waals surface area contributed by atoms with Crippen LogP contribution in [0.4, 0.5) is 0 Å². The summed E-state index contributed by atoms with van der Waals surface area (Å²) in [6.07, 6.45) is 1.28. The molecule has 2 aliphatic heterocycles. The van der Waals surface area contributed by atoms with Gasteiger partial charge in [0.1, 0.15) is 24.2 Å². The third kappa shape index (κ3) is 15.7. The Bertz CT molecular complexity index is 2290. The molecule has 0 aliphatic carbocycles. The second-order valence-corrected chi connectivity index (χ2v) is 22.2. The van der Waals surface area contributed by atoms with E-state index in [4.69, 9.17) is 0 Å². The largest absolute Gasteiger partial charge is 0.352 e. The number of likely N-dealkylation sites (tertiary alicyclic amines) is 2. The van der Waals surface area contributed by atoms with Crippen molar-refractivity contribution >= 4 is 47.3 Å². The molecule has 0 bridgehead atoms. The normalized spacial score (nSPS) is 20.2. The van der Waals surface area contributed by atoms with Crippen LogP contribution in [-0.2, 0) is 41.6 Å². The molecule has 8 amide bonds. The predicted octanol–water partition coefficient (Wildman–Crippen LogP) is 2.86. The van der Waals surface area contributed by atoms with E-state index in [1.165, 1.54) is 15.9 Å². The van der Waals surface area contributed by atoms with E-state index >= 15 is 0 Å². The van der Waals surface area contributed by atoms with Crippen molar-refractivity contribution in [2.45, 2.75) is 155 Å². The molecule has 2 heterocycles. The number of hydrogen-bond acceptors (Lipinski definition) is 10. The molecule has 5 rings (SSSR count). The smallest absolute Gasteiger partial charge is 0.251 e. The van der Waals surface area contributed by atoms with Gasteiger partial charge in [0.15, 0.2) is 0 Å². The maximum Gasteiger partial charge on any atom is 0.251 e. The summed E-state index contributed by atoms with van der Waals surface area (Å²) in [5, 5.41) is 23.7. The lowest BCUT2D eigenvalue weighted by atomic mass is 9.85. The van der Waals surface area contributed by atoms with Crippen LogP contribution in [0.15, 0.2) is 84.9 Å². The molecular formula is C56H80N10O8. The molecule has 0 spiro atoms. The fourth-order valence-electron chi connectivity index (χ4n) is 9.35. The first-order chi connectivity index (χ1) is 34.8. The van der Waals surface area contributed by atoms with E-state index in [2.05, 4.69) is 42.5 Å². The Morgan fingerprint density at radius 3 is 1.19 bits per heavy atom. The molecule has 74 heavy (non-hydrogen) atoms. The van der Waals surface area contributed by atoms with Crippen molar-refractivity contribution in [1.82, 2.24) is 52.3 Å². The molecule has 3 aromatic carbocycles. The molecule has 0 saturated carbocycles. The van der Waals surface area contributed by atoms with Crippen LogP contribution in [0.2, 0.25) is 0 Å². The molecule has 8 N–H and O–H groups in total. The Hall–Kier alpha value is -6.66. The van der Waals surface area contributed by atoms with E-state index in [1.54, 1.807) is 46.1 Å². The minimum absolute atomic E-state index is 0.0229. The highest BCUT2D eigenvalue weighted by Gasteiger charge is 2.47. The number of nitrogens with one attached hydrogen (secondary N) is 8. The summed E-state index contributed by atoms with van der Waals surface area (Å²) in [5.74, 6) is -3.55. The van der Waals surface area contributed by atoms with E-state index in [9.17, 15) is 38.4 Å². The maximum atomic E-state index is 14.6. The van der Waals surface area contributed by atoms with Gasteiger partial charge in [0.25, 0.3) is 11.8 Å². The Balaban J connectivity index is 1.34. The summed E-state index contributed by atoms with van der Waals surface area (Å²) in [5.41, 5.74) is 0.850. The summed E-state index contributed by atoms with van der Waals surface area (Å²) in [4.78, 5) is 115. The molecule has 10 atom stereocenters. The molecule has 0 aromatic heterocycles. The van der Waals surface area contributed by atoms with Gasteiger partial charge in [-0.2, -0.15) is 0 Å². The standard InChI is InChI=1S/C56H80N10O8/c1-33(26-37-20-15-13-16-21-37)59-51(71)43-29-41(31-65(43)53(73)45(55(5,6)7)63-47(67)35(3)57-11)61-49(69)39-24-19-25-40(28-39)50(70)62-42-30-44(52(72)60-34(2)27-38-22-17-14-18-23-38)66(32-42)54(74)46(56(8,9)10)64-48(68)36(4)58-12/h13-25,28,33-36,41-46,57-58H,26-27,29-32H2,1-12H3,(H,59,71)(H,60,72)(H,61,69)(H,62,70)(H,63,67)(H,64,68). The highest BCUT2D eigenvalue weighted by atomic mass is 16.2. The average Bonchev–Trinajstić information content (AvgIpc) is 3.98. The van der Waals surface area contributed by atoms with Crippen molar-refractivity contribution in [1.29, 1.82) is 0 Å². The SMILES string of the molecule is CNC(C)C(=O)NC(C(=O)N1CC(NC(=O)c2cccc(C(=O)NC3CC(C(=O)NC(C)Cc4ccccc4)N(C(=O)C(NC(=O)C(C)NC)C(C)(C)C)C3)c2)CC1C(=O)NC(C)Cc1ccccc1)C(C)(C)C. The van der Waals surface area contributed by atoms with Crippen molar-refractivity contribution < 1.29 is 38.4 Å². The molecule has 18 heteroatoms. The number of carbonyl (C=O) groups excluding carboxylic acids is 8. The van der Waals surface area contributed by atoms with Gasteiger partial charge in [0.2, 0.25) is 35.4 Å². The van der Waals surface area contributed by atoms with Gasteiger partial charge in [0, 0.05) is 48.4 Å². The van der Waals surface area contributed by atoms with Crippen LogP contribution in [-0.4, -0.2) is 145 Å². The molecule has 2 fully saturated rings. The highest BCUT2D eigenvalue weighted by molar-refractivity contribution is 6.01. The summed E-state index contributed by atoms with van der Waals surface area (Å²) in [7, 11) is 3.29. The first-order valence-corrected chi connectivity index (χ1v) is 25.8. The first-order valence-electron chi connectivity index (χ1n) is 25.8. The Morgan fingerprint density at radius 2 is 0.865 bits per heavy atom. The van der Waals surface area contributed by atoms with Crippen molar-refractivity contribution in [2.24, 2.45) is 10.8 Å². The maximum absolute atomic E-state index is 14.6. The van der Waals surface area contributed by atoms with Gasteiger partial charge in [-0.1, -0.05) is 108 Å². The number of nitrogens with zero attached hydrogens (tertiary/aromatic N) is 2. The predicted molar refractivity (Wildman–Crippen MR) is 285 cm³/mol. The number of hydrogen-bond donors (Lipinski definition) is 8. The molecule has 10 unspecified atom stereocenters. The summed E-state index contributed by atoms with van der Waals surface area (Å²) in [6, 6.07) is 18.4. The number of amides is 8. The minimum Gasteiger partial charge on any atom is -0.352 e. The summed E-state index contributed by atoms with van der Waals surface area (Å²) >= 11 is 0. The van der Waals surface area contributed by atoms with Crippen LogP contribution in [0, 0.1) is 10.8 Å². The Kier molecular flexibility index (Phi) is 20.1. The van der Waals surface area contributed by atoms with Crippen molar-refractivity contribution in [2.75, 3.05) is 27.2 Å². The van der Waals surface area contributed by atoms with E-state index in [0.717, 1.165) is 11.1 Å². The fraction of sp³-hybridized carbons (Fsp3) is 0.536. The van der Waals surface area contributed by atoms with Crippen LogP contribution < -0.4 is 42.5 Å². The van der Waals surface area contributed by atoms with Gasteiger partial charge < -0.3 is 52.3 Å². The zero-order valence-corrected chi connectivity index (χ0v) is 45.3. The number of likely N-dealkylation sites (N-methyl/N-ethyl adjacent to an activating group) is 2. The Labute approximate surface area is 437 Å². The summed E-state index contributed by atoms with van der Waals surface area (Å²) in [6.45, 7) is 18.1. The van der Waals surface area contributed by atoms with Gasteiger partial charge >= 0.3 is 0 Å².